The van der Waals surface area contributed by atoms with Crippen LogP contribution in [0.2, 0.25) is 0 Å². The Balaban J connectivity index is 1.97. The van der Waals surface area contributed by atoms with E-state index in [2.05, 4.69) is 5.32 Å². The van der Waals surface area contributed by atoms with Gasteiger partial charge in [-0.2, -0.15) is 0 Å². The van der Waals surface area contributed by atoms with Crippen molar-refractivity contribution in [1.29, 1.82) is 0 Å². The van der Waals surface area contributed by atoms with Gasteiger partial charge in [-0.25, -0.2) is 4.79 Å². The third-order valence-corrected chi connectivity index (χ3v) is 3.69. The number of rotatable bonds is 8. The summed E-state index contributed by atoms with van der Waals surface area (Å²) in [7, 11) is 0. The fourth-order valence-corrected chi connectivity index (χ4v) is 2.26. The lowest BCUT2D eigenvalue weighted by molar-refractivity contribution is -0.123. The summed E-state index contributed by atoms with van der Waals surface area (Å²) in [5.74, 6) is -1.72. The van der Waals surface area contributed by atoms with Crippen molar-refractivity contribution in [1.82, 2.24) is 0 Å². The van der Waals surface area contributed by atoms with Crippen molar-refractivity contribution in [3.05, 3.63) is 59.7 Å². The van der Waals surface area contributed by atoms with Gasteiger partial charge in [0.15, 0.2) is 18.5 Å². The molecule has 0 aliphatic carbocycles. The van der Waals surface area contributed by atoms with Gasteiger partial charge < -0.3 is 20.5 Å². The van der Waals surface area contributed by atoms with E-state index in [0.717, 1.165) is 0 Å². The van der Waals surface area contributed by atoms with Gasteiger partial charge in [0.1, 0.15) is 5.75 Å². The largest absolute Gasteiger partial charge is 0.484 e. The zero-order chi connectivity index (χ0) is 20.7. The predicted octanol–water partition coefficient (Wildman–Crippen LogP) is 1.94. The second-order valence-corrected chi connectivity index (χ2v) is 5.92. The van der Waals surface area contributed by atoms with Crippen molar-refractivity contribution in [2.75, 3.05) is 11.9 Å². The molecule has 0 aliphatic heterocycles. The van der Waals surface area contributed by atoms with Crippen molar-refractivity contribution < 1.29 is 28.7 Å². The van der Waals surface area contributed by atoms with Crippen LogP contribution in [0.3, 0.4) is 0 Å². The second kappa shape index (κ2) is 9.31. The molecule has 28 heavy (non-hydrogen) atoms. The summed E-state index contributed by atoms with van der Waals surface area (Å²) in [6.45, 7) is 2.54. The molecule has 0 spiro atoms. The minimum absolute atomic E-state index is 0.195. The molecule has 2 aromatic carbocycles. The number of benzene rings is 2. The van der Waals surface area contributed by atoms with Crippen LogP contribution in [-0.2, 0) is 14.3 Å². The fourth-order valence-electron chi connectivity index (χ4n) is 2.26. The number of Topliss-reactive ketones (excluding diaryl/α,β-unsaturated/α-hetero) is 1. The van der Waals surface area contributed by atoms with Gasteiger partial charge in [0.25, 0.3) is 11.8 Å². The summed E-state index contributed by atoms with van der Waals surface area (Å²) in [6.07, 6.45) is -1.08. The first-order valence-corrected chi connectivity index (χ1v) is 8.41. The maximum absolute atomic E-state index is 12.3. The fraction of sp³-hybridized carbons (Fsp3) is 0.200. The molecule has 8 heteroatoms. The topological polar surface area (TPSA) is 125 Å². The van der Waals surface area contributed by atoms with Crippen molar-refractivity contribution in [2.24, 2.45) is 5.73 Å². The van der Waals surface area contributed by atoms with Gasteiger partial charge in [-0.1, -0.05) is 12.1 Å². The van der Waals surface area contributed by atoms with E-state index >= 15 is 0 Å². The minimum Gasteiger partial charge on any atom is -0.484 e. The number of anilines is 1. The van der Waals surface area contributed by atoms with Gasteiger partial charge in [-0.3, -0.25) is 14.4 Å². The highest BCUT2D eigenvalue weighted by Crippen LogP contribution is 2.17. The lowest BCUT2D eigenvalue weighted by Crippen LogP contribution is -2.30. The summed E-state index contributed by atoms with van der Waals surface area (Å²) in [4.78, 5) is 46.8. The number of nitrogens with two attached hydrogens (primary N) is 1. The Kier molecular flexibility index (Phi) is 6.86. The van der Waals surface area contributed by atoms with Gasteiger partial charge in [0.2, 0.25) is 0 Å². The number of carbonyl (C=O) groups is 4. The van der Waals surface area contributed by atoms with Crippen LogP contribution in [-0.4, -0.2) is 36.3 Å². The molecule has 146 valence electrons. The standard InChI is InChI=1S/C20H20N2O6/c1-12(23)16-5-3-4-6-17(16)22-19(25)13(2)28-20(26)14-7-9-15(10-8-14)27-11-18(21)24/h3-10,13H,11H2,1-2H3,(H2,21,24)(H,22,25)/t13-/m0/s1. The number of hydrogen-bond donors (Lipinski definition) is 2. The SMILES string of the molecule is CC(=O)c1ccccc1NC(=O)[C@H](C)OC(=O)c1ccc(OCC(N)=O)cc1. The molecule has 0 aromatic heterocycles. The monoisotopic (exact) mass is 384 g/mol. The van der Waals surface area contributed by atoms with E-state index < -0.39 is 23.9 Å². The third kappa shape index (κ3) is 5.66. The van der Waals surface area contributed by atoms with E-state index in [1.54, 1.807) is 24.3 Å². The van der Waals surface area contributed by atoms with Crippen molar-refractivity contribution >= 4 is 29.3 Å². The summed E-state index contributed by atoms with van der Waals surface area (Å²) in [5, 5.41) is 2.58. The quantitative estimate of drug-likeness (QED) is 0.529. The predicted molar refractivity (Wildman–Crippen MR) is 101 cm³/mol. The van der Waals surface area contributed by atoms with Crippen LogP contribution < -0.4 is 15.8 Å². The number of esters is 1. The van der Waals surface area contributed by atoms with Crippen LogP contribution in [0.5, 0.6) is 5.75 Å². The first kappa shape index (κ1) is 20.6. The van der Waals surface area contributed by atoms with Gasteiger partial charge in [-0.05, 0) is 50.2 Å². The van der Waals surface area contributed by atoms with E-state index in [4.69, 9.17) is 15.2 Å². The van der Waals surface area contributed by atoms with Crippen LogP contribution in [0.25, 0.3) is 0 Å². The Hall–Kier alpha value is -3.68. The highest BCUT2D eigenvalue weighted by atomic mass is 16.5. The van der Waals surface area contributed by atoms with Crippen LogP contribution in [0.15, 0.2) is 48.5 Å². The van der Waals surface area contributed by atoms with Gasteiger partial charge in [-0.15, -0.1) is 0 Å². The van der Waals surface area contributed by atoms with Crippen LogP contribution in [0.4, 0.5) is 5.69 Å². The molecule has 0 saturated carbocycles. The molecule has 1 atom stereocenters. The molecule has 0 fully saturated rings. The average molecular weight is 384 g/mol. The number of ether oxygens (including phenoxy) is 2. The molecule has 2 amide bonds. The van der Waals surface area contributed by atoms with E-state index in [1.165, 1.54) is 38.1 Å². The van der Waals surface area contributed by atoms with Crippen molar-refractivity contribution in [2.45, 2.75) is 20.0 Å². The number of para-hydroxylation sites is 1. The van der Waals surface area contributed by atoms with Crippen LogP contribution >= 0.6 is 0 Å². The maximum Gasteiger partial charge on any atom is 0.338 e. The zero-order valence-corrected chi connectivity index (χ0v) is 15.4. The smallest absolute Gasteiger partial charge is 0.338 e. The number of hydrogen-bond acceptors (Lipinski definition) is 6. The number of carbonyl (C=O) groups excluding carboxylic acids is 4. The molecule has 0 saturated heterocycles. The second-order valence-electron chi connectivity index (χ2n) is 5.92. The zero-order valence-electron chi connectivity index (χ0n) is 15.4. The number of ketones is 1. The molecule has 0 radical (unpaired) electrons. The number of primary amides is 1. The molecule has 0 heterocycles. The van der Waals surface area contributed by atoms with Crippen LogP contribution in [0.1, 0.15) is 34.6 Å². The molecular formula is C20H20N2O6. The normalized spacial score (nSPS) is 11.2. The molecule has 2 aromatic rings. The molecule has 2 rings (SSSR count). The van der Waals surface area contributed by atoms with Crippen molar-refractivity contribution in [3.63, 3.8) is 0 Å². The summed E-state index contributed by atoms with van der Waals surface area (Å²) < 4.78 is 10.3. The lowest BCUT2D eigenvalue weighted by Gasteiger charge is -2.15. The van der Waals surface area contributed by atoms with E-state index in [0.29, 0.717) is 17.0 Å². The van der Waals surface area contributed by atoms with Crippen molar-refractivity contribution in [3.8, 4) is 5.75 Å². The maximum atomic E-state index is 12.3. The van der Waals surface area contributed by atoms with E-state index in [1.807, 2.05) is 0 Å². The Morgan fingerprint density at radius 1 is 1.04 bits per heavy atom. The van der Waals surface area contributed by atoms with Crippen LogP contribution in [0, 0.1) is 0 Å². The minimum atomic E-state index is -1.08. The molecule has 0 bridgehead atoms. The first-order valence-electron chi connectivity index (χ1n) is 8.41. The lowest BCUT2D eigenvalue weighted by atomic mass is 10.1. The summed E-state index contributed by atoms with van der Waals surface area (Å²) >= 11 is 0. The van der Waals surface area contributed by atoms with Gasteiger partial charge >= 0.3 is 5.97 Å². The first-order chi connectivity index (χ1) is 13.3. The Bertz CT molecular complexity index is 892. The average Bonchev–Trinajstić information content (AvgIpc) is 2.66. The van der Waals surface area contributed by atoms with Gasteiger partial charge in [0.05, 0.1) is 11.3 Å². The van der Waals surface area contributed by atoms with Gasteiger partial charge in [0, 0.05) is 5.56 Å². The number of amides is 2. The molecule has 0 aliphatic rings. The molecule has 0 unspecified atom stereocenters. The summed E-state index contributed by atoms with van der Waals surface area (Å²) in [6, 6.07) is 12.4. The number of nitrogens with one attached hydrogen (secondary N) is 1. The van der Waals surface area contributed by atoms with E-state index in [-0.39, 0.29) is 18.0 Å². The molecule has 8 nitrogen and oxygen atoms in total. The highest BCUT2D eigenvalue weighted by Gasteiger charge is 2.20. The Labute approximate surface area is 161 Å². The Morgan fingerprint density at radius 2 is 1.68 bits per heavy atom. The Morgan fingerprint density at radius 3 is 2.29 bits per heavy atom. The van der Waals surface area contributed by atoms with E-state index in [9.17, 15) is 19.2 Å². The molecule has 3 N–H and O–H groups in total. The third-order valence-electron chi connectivity index (χ3n) is 3.69. The summed E-state index contributed by atoms with van der Waals surface area (Å²) in [5.41, 5.74) is 5.90. The highest BCUT2D eigenvalue weighted by molar-refractivity contribution is 6.05. The molecular weight excluding hydrogens is 364 g/mol.